The van der Waals surface area contributed by atoms with Crippen LogP contribution in [0.5, 0.6) is 0 Å². The maximum absolute atomic E-state index is 14.1. The lowest BCUT2D eigenvalue weighted by Crippen LogP contribution is -2.69. The molecule has 0 heterocycles. The van der Waals surface area contributed by atoms with Crippen molar-refractivity contribution in [3.63, 3.8) is 0 Å². The van der Waals surface area contributed by atoms with Crippen LogP contribution in [0.25, 0.3) is 0 Å². The van der Waals surface area contributed by atoms with E-state index < -0.39 is 23.7 Å². The molecule has 0 aromatic heterocycles. The molecule has 28 heavy (non-hydrogen) atoms. The van der Waals surface area contributed by atoms with Gasteiger partial charge >= 0.3 is 17.8 Å². The Morgan fingerprint density at radius 3 is 2.32 bits per heavy atom. The number of esters is 1. The zero-order valence-corrected chi connectivity index (χ0v) is 16.0. The molecule has 0 bridgehead atoms. The van der Waals surface area contributed by atoms with Gasteiger partial charge in [0.1, 0.15) is 0 Å². The molecule has 0 aliphatic carbocycles. The van der Waals surface area contributed by atoms with Crippen LogP contribution in [0.3, 0.4) is 0 Å². The second-order valence-corrected chi connectivity index (χ2v) is 6.38. The molecule has 2 aromatic rings. The second-order valence-electron chi connectivity index (χ2n) is 5.54. The Kier molecular flexibility index (Phi) is 6.79. The average Bonchev–Trinajstić information content (AvgIpc) is 2.62. The standard InChI is InChI=1S/C18H15Cl2F3N2O3/c1-2-28-16(27)17(18(21,22)23,24-14-9-4-3-8-13(14)20)25-15(26)11-6-5-7-12(19)10-11/h3-10,24H,2H2,1H3,(H,25,26)/t17-/m0/s1. The number of ether oxygens (including phenoxy) is 1. The summed E-state index contributed by atoms with van der Waals surface area (Å²) < 4.78 is 46.8. The summed E-state index contributed by atoms with van der Waals surface area (Å²) in [5.74, 6) is -2.93. The third kappa shape index (κ3) is 4.69. The van der Waals surface area contributed by atoms with Crippen LogP contribution in [0.4, 0.5) is 18.9 Å². The fourth-order valence-corrected chi connectivity index (χ4v) is 2.64. The normalized spacial score (nSPS) is 13.4. The van der Waals surface area contributed by atoms with E-state index in [9.17, 15) is 22.8 Å². The largest absolute Gasteiger partial charge is 0.463 e. The van der Waals surface area contributed by atoms with E-state index in [2.05, 4.69) is 4.74 Å². The van der Waals surface area contributed by atoms with Gasteiger partial charge in [0.15, 0.2) is 0 Å². The van der Waals surface area contributed by atoms with Crippen molar-refractivity contribution in [2.24, 2.45) is 0 Å². The van der Waals surface area contributed by atoms with E-state index in [1.807, 2.05) is 5.32 Å². The summed E-state index contributed by atoms with van der Waals surface area (Å²) in [5, 5.41) is 3.77. The Bertz CT molecular complexity index is 877. The summed E-state index contributed by atoms with van der Waals surface area (Å²) in [6.45, 7) is 1.00. The minimum atomic E-state index is -5.27. The number of benzene rings is 2. The number of nitrogens with one attached hydrogen (secondary N) is 2. The van der Waals surface area contributed by atoms with Crippen molar-refractivity contribution in [3.8, 4) is 0 Å². The second kappa shape index (κ2) is 8.70. The minimum absolute atomic E-state index is 0.0857. The SMILES string of the molecule is CCOC(=O)[C@@](NC(=O)c1cccc(Cl)c1)(Nc1ccccc1Cl)C(F)(F)F. The van der Waals surface area contributed by atoms with Crippen molar-refractivity contribution in [2.45, 2.75) is 18.8 Å². The molecule has 0 fully saturated rings. The quantitative estimate of drug-likeness (QED) is 0.512. The number of alkyl halides is 3. The Morgan fingerprint density at radius 1 is 1.07 bits per heavy atom. The van der Waals surface area contributed by atoms with Crippen molar-refractivity contribution < 1.29 is 27.5 Å². The van der Waals surface area contributed by atoms with Crippen LogP contribution in [0.2, 0.25) is 10.0 Å². The van der Waals surface area contributed by atoms with Gasteiger partial charge in [-0.05, 0) is 37.3 Å². The first-order valence-electron chi connectivity index (χ1n) is 7.95. The van der Waals surface area contributed by atoms with Crippen LogP contribution < -0.4 is 10.6 Å². The number of hydrogen-bond donors (Lipinski definition) is 2. The fourth-order valence-electron chi connectivity index (χ4n) is 2.27. The molecule has 0 aliphatic heterocycles. The van der Waals surface area contributed by atoms with Crippen molar-refractivity contribution in [2.75, 3.05) is 11.9 Å². The predicted molar refractivity (Wildman–Crippen MR) is 99.4 cm³/mol. The highest BCUT2D eigenvalue weighted by Crippen LogP contribution is 2.35. The van der Waals surface area contributed by atoms with Crippen LogP contribution in [0, 0.1) is 0 Å². The highest BCUT2D eigenvalue weighted by atomic mass is 35.5. The molecule has 2 rings (SSSR count). The molecule has 2 aromatic carbocycles. The number of halogens is 5. The molecule has 1 amide bonds. The summed E-state index contributed by atoms with van der Waals surface area (Å²) in [6, 6.07) is 10.7. The van der Waals surface area contributed by atoms with Gasteiger partial charge < -0.3 is 15.4 Å². The molecule has 2 N–H and O–H groups in total. The van der Waals surface area contributed by atoms with Gasteiger partial charge in [-0.1, -0.05) is 41.4 Å². The summed E-state index contributed by atoms with van der Waals surface area (Å²) in [6.07, 6.45) is -5.27. The van der Waals surface area contributed by atoms with E-state index in [0.717, 1.165) is 0 Å². The molecular weight excluding hydrogens is 420 g/mol. The van der Waals surface area contributed by atoms with E-state index in [-0.39, 0.29) is 27.9 Å². The zero-order valence-electron chi connectivity index (χ0n) is 14.4. The van der Waals surface area contributed by atoms with Crippen LogP contribution in [0.1, 0.15) is 17.3 Å². The average molecular weight is 435 g/mol. The number of amides is 1. The predicted octanol–water partition coefficient (Wildman–Crippen LogP) is 4.66. The number of carbonyl (C=O) groups is 2. The van der Waals surface area contributed by atoms with Crippen LogP contribution >= 0.6 is 23.2 Å². The van der Waals surface area contributed by atoms with E-state index in [1.54, 1.807) is 5.32 Å². The van der Waals surface area contributed by atoms with E-state index >= 15 is 0 Å². The molecular formula is C18H15Cl2F3N2O3. The van der Waals surface area contributed by atoms with Gasteiger partial charge in [-0.2, -0.15) is 13.2 Å². The summed E-state index contributed by atoms with van der Waals surface area (Å²) in [5.41, 5.74) is -3.97. The molecule has 1 atom stereocenters. The fraction of sp³-hybridized carbons (Fsp3) is 0.222. The lowest BCUT2D eigenvalue weighted by Gasteiger charge is -2.35. The van der Waals surface area contributed by atoms with Crippen molar-refractivity contribution >= 4 is 40.8 Å². The minimum Gasteiger partial charge on any atom is -0.463 e. The molecule has 0 unspecified atom stereocenters. The molecule has 150 valence electrons. The molecule has 10 heteroatoms. The maximum atomic E-state index is 14.1. The van der Waals surface area contributed by atoms with Crippen LogP contribution in [0.15, 0.2) is 48.5 Å². The van der Waals surface area contributed by atoms with Crippen molar-refractivity contribution in [3.05, 3.63) is 64.1 Å². The Labute approximate surface area is 168 Å². The summed E-state index contributed by atoms with van der Waals surface area (Å²) in [7, 11) is 0. The lowest BCUT2D eigenvalue weighted by molar-refractivity contribution is -0.204. The third-order valence-electron chi connectivity index (χ3n) is 3.59. The smallest absolute Gasteiger partial charge is 0.441 e. The molecule has 0 saturated heterocycles. The van der Waals surface area contributed by atoms with Gasteiger partial charge in [0, 0.05) is 10.6 Å². The molecule has 5 nitrogen and oxygen atoms in total. The highest BCUT2D eigenvalue weighted by Gasteiger charge is 2.63. The topological polar surface area (TPSA) is 67.4 Å². The Hall–Kier alpha value is -2.45. The first kappa shape index (κ1) is 21.8. The Morgan fingerprint density at radius 2 is 1.75 bits per heavy atom. The monoisotopic (exact) mass is 434 g/mol. The van der Waals surface area contributed by atoms with Crippen LogP contribution in [-0.2, 0) is 9.53 Å². The first-order valence-corrected chi connectivity index (χ1v) is 8.71. The van der Waals surface area contributed by atoms with Gasteiger partial charge in [-0.25, -0.2) is 4.79 Å². The molecule has 0 saturated carbocycles. The summed E-state index contributed by atoms with van der Waals surface area (Å²) in [4.78, 5) is 24.9. The van der Waals surface area contributed by atoms with E-state index in [4.69, 9.17) is 23.2 Å². The van der Waals surface area contributed by atoms with E-state index in [1.165, 1.54) is 55.5 Å². The third-order valence-corrected chi connectivity index (χ3v) is 4.16. The molecule has 0 spiro atoms. The van der Waals surface area contributed by atoms with Crippen molar-refractivity contribution in [1.29, 1.82) is 0 Å². The number of anilines is 1. The van der Waals surface area contributed by atoms with Crippen molar-refractivity contribution in [1.82, 2.24) is 5.32 Å². The Balaban J connectivity index is 2.54. The van der Waals surface area contributed by atoms with Gasteiger partial charge in [0.05, 0.1) is 17.3 Å². The molecule has 0 aliphatic rings. The first-order chi connectivity index (χ1) is 13.1. The van der Waals surface area contributed by atoms with Gasteiger partial charge in [0.2, 0.25) is 0 Å². The number of para-hydroxylation sites is 1. The van der Waals surface area contributed by atoms with Gasteiger partial charge in [-0.3, -0.25) is 4.79 Å². The number of carbonyl (C=O) groups excluding carboxylic acids is 2. The lowest BCUT2D eigenvalue weighted by atomic mass is 10.1. The number of hydrogen-bond acceptors (Lipinski definition) is 4. The number of rotatable bonds is 6. The zero-order chi connectivity index (χ0) is 20.9. The van der Waals surface area contributed by atoms with Gasteiger partial charge in [0.25, 0.3) is 5.91 Å². The van der Waals surface area contributed by atoms with Gasteiger partial charge in [-0.15, -0.1) is 0 Å². The van der Waals surface area contributed by atoms with E-state index in [0.29, 0.717) is 0 Å². The maximum Gasteiger partial charge on any atom is 0.441 e. The highest BCUT2D eigenvalue weighted by molar-refractivity contribution is 6.33. The summed E-state index contributed by atoms with van der Waals surface area (Å²) >= 11 is 11.7. The molecule has 0 radical (unpaired) electrons. The van der Waals surface area contributed by atoms with Crippen LogP contribution in [-0.4, -0.2) is 30.3 Å².